The largest absolute Gasteiger partial charge is 0.507 e. The zero-order chi connectivity index (χ0) is 20.8. The Morgan fingerprint density at radius 3 is 2.64 bits per heavy atom. The number of aryl methyl sites for hydroxylation is 1. The van der Waals surface area contributed by atoms with Crippen molar-refractivity contribution in [2.75, 3.05) is 24.5 Å². The molecule has 0 unspecified atom stereocenters. The molecule has 2 N–H and O–H groups in total. The minimum Gasteiger partial charge on any atom is -0.507 e. The summed E-state index contributed by atoms with van der Waals surface area (Å²) in [6, 6.07) is 6.25. The number of anilines is 1. The van der Waals surface area contributed by atoms with Gasteiger partial charge in [-0.2, -0.15) is 5.10 Å². The lowest BCUT2D eigenvalue weighted by Gasteiger charge is -2.33. The van der Waals surface area contributed by atoms with Crippen molar-refractivity contribution in [2.24, 2.45) is 5.92 Å². The van der Waals surface area contributed by atoms with Crippen molar-refractivity contribution in [3.05, 3.63) is 36.3 Å². The summed E-state index contributed by atoms with van der Waals surface area (Å²) >= 11 is 0. The van der Waals surface area contributed by atoms with Crippen molar-refractivity contribution in [2.45, 2.75) is 44.7 Å². The molecule has 0 amide bonds. The van der Waals surface area contributed by atoms with Gasteiger partial charge < -0.3 is 15.3 Å². The van der Waals surface area contributed by atoms with Crippen LogP contribution in [0.3, 0.4) is 0 Å². The fourth-order valence-corrected chi connectivity index (χ4v) is 4.89. The summed E-state index contributed by atoms with van der Waals surface area (Å²) in [4.78, 5) is 6.77. The molecule has 1 atom stereocenters. The summed E-state index contributed by atoms with van der Waals surface area (Å²) in [5.41, 5.74) is 4.56. The number of aromatic nitrogens is 5. The molecular weight excluding hydrogens is 461 g/mol. The third-order valence-electron chi connectivity index (χ3n) is 6.80. The molecule has 8 nitrogen and oxygen atoms in total. The van der Waals surface area contributed by atoms with Gasteiger partial charge in [-0.3, -0.25) is 4.68 Å². The van der Waals surface area contributed by atoms with Crippen molar-refractivity contribution >= 4 is 30.8 Å². The second-order valence-corrected chi connectivity index (χ2v) is 8.90. The maximum Gasteiger partial charge on any atom is 0.245 e. The van der Waals surface area contributed by atoms with Crippen LogP contribution in [0.15, 0.2) is 30.6 Å². The van der Waals surface area contributed by atoms with Gasteiger partial charge in [0.1, 0.15) is 11.4 Å². The van der Waals surface area contributed by atoms with E-state index in [-0.39, 0.29) is 30.6 Å². The fraction of sp³-hybridized carbons (Fsp3) is 0.478. The van der Waals surface area contributed by atoms with E-state index < -0.39 is 0 Å². The standard InChI is InChI=1S/C23H27N7O.2ClH/c31-22-11-16(18-12-26-30-9-2-1-3-21(18)30)6-7-17(22)19-13-25-23(28-27-19)29-10-8-24-20(14-29)15-4-5-15;;/h6-7,11-13,15,20,24,31H,1-5,8-10,14H2;2*1H/t20-;;/m1../s1. The van der Waals surface area contributed by atoms with Crippen LogP contribution in [0.25, 0.3) is 22.4 Å². The first-order chi connectivity index (χ1) is 15.3. The Hall–Kier alpha value is -2.42. The van der Waals surface area contributed by atoms with E-state index in [0.717, 1.165) is 49.6 Å². The van der Waals surface area contributed by atoms with Gasteiger partial charge >= 0.3 is 0 Å². The SMILES string of the molecule is Cl.Cl.Oc1cc(-c2cnn3c2CCCC3)ccc1-c1cnc(N2CCN[C@@H](C3CC3)C2)nn1. The molecule has 3 aromatic rings. The highest BCUT2D eigenvalue weighted by Gasteiger charge is 2.34. The van der Waals surface area contributed by atoms with Crippen LogP contribution in [0.4, 0.5) is 5.95 Å². The summed E-state index contributed by atoms with van der Waals surface area (Å²) in [5.74, 6) is 1.65. The molecule has 2 aliphatic heterocycles. The Labute approximate surface area is 205 Å². The molecule has 0 radical (unpaired) electrons. The topological polar surface area (TPSA) is 92.0 Å². The number of phenols is 1. The van der Waals surface area contributed by atoms with Gasteiger partial charge in [0.25, 0.3) is 0 Å². The Kier molecular flexibility index (Phi) is 7.07. The molecule has 33 heavy (non-hydrogen) atoms. The molecule has 2 aromatic heterocycles. The first kappa shape index (κ1) is 23.7. The van der Waals surface area contributed by atoms with Crippen molar-refractivity contribution in [1.82, 2.24) is 30.3 Å². The van der Waals surface area contributed by atoms with Gasteiger partial charge in [0.15, 0.2) is 0 Å². The number of nitrogens with zero attached hydrogens (tertiary/aromatic N) is 6. The minimum absolute atomic E-state index is 0. The van der Waals surface area contributed by atoms with E-state index >= 15 is 0 Å². The maximum absolute atomic E-state index is 10.7. The Morgan fingerprint density at radius 1 is 1.00 bits per heavy atom. The van der Waals surface area contributed by atoms with Gasteiger partial charge in [-0.1, -0.05) is 6.07 Å². The van der Waals surface area contributed by atoms with Crippen LogP contribution >= 0.6 is 24.8 Å². The zero-order valence-corrected chi connectivity index (χ0v) is 20.0. The van der Waals surface area contributed by atoms with Crippen LogP contribution in [0.5, 0.6) is 5.75 Å². The van der Waals surface area contributed by atoms with E-state index in [2.05, 4.69) is 35.2 Å². The summed E-state index contributed by atoms with van der Waals surface area (Å²) in [7, 11) is 0. The number of piperazine rings is 1. The Morgan fingerprint density at radius 2 is 1.88 bits per heavy atom. The highest BCUT2D eigenvalue weighted by atomic mass is 35.5. The van der Waals surface area contributed by atoms with Gasteiger partial charge in [0, 0.05) is 49.0 Å². The van der Waals surface area contributed by atoms with Crippen LogP contribution in [-0.4, -0.2) is 55.7 Å². The first-order valence-electron chi connectivity index (χ1n) is 11.3. The molecule has 2 fully saturated rings. The third-order valence-corrected chi connectivity index (χ3v) is 6.80. The molecule has 0 spiro atoms. The number of aromatic hydroxyl groups is 1. The lowest BCUT2D eigenvalue weighted by atomic mass is 9.99. The molecule has 10 heteroatoms. The van der Waals surface area contributed by atoms with Crippen LogP contribution in [-0.2, 0) is 13.0 Å². The molecular formula is C23H29Cl2N7O. The van der Waals surface area contributed by atoms with Gasteiger partial charge in [0.2, 0.25) is 5.95 Å². The number of phenolic OH excluding ortho intramolecular Hbond substituents is 1. The third kappa shape index (κ3) is 4.65. The summed E-state index contributed by atoms with van der Waals surface area (Å²) in [6.07, 6.45) is 9.66. The summed E-state index contributed by atoms with van der Waals surface area (Å²) < 4.78 is 2.09. The van der Waals surface area contributed by atoms with Crippen LogP contribution in [0.2, 0.25) is 0 Å². The van der Waals surface area contributed by atoms with E-state index in [0.29, 0.717) is 23.2 Å². The molecule has 4 heterocycles. The van der Waals surface area contributed by atoms with E-state index in [1.807, 2.05) is 18.3 Å². The normalized spacial score (nSPS) is 19.9. The number of benzene rings is 1. The van der Waals surface area contributed by atoms with E-state index in [1.165, 1.54) is 31.4 Å². The van der Waals surface area contributed by atoms with Crippen LogP contribution < -0.4 is 10.2 Å². The molecule has 3 aliphatic rings. The average Bonchev–Trinajstić information content (AvgIpc) is 3.58. The second-order valence-electron chi connectivity index (χ2n) is 8.90. The number of fused-ring (bicyclic) bond motifs is 1. The molecule has 6 rings (SSSR count). The lowest BCUT2D eigenvalue weighted by Crippen LogP contribution is -2.52. The van der Waals surface area contributed by atoms with Gasteiger partial charge in [0.05, 0.1) is 12.4 Å². The lowest BCUT2D eigenvalue weighted by molar-refractivity contribution is 0.414. The van der Waals surface area contributed by atoms with Crippen molar-refractivity contribution in [3.8, 4) is 28.1 Å². The molecule has 1 aliphatic carbocycles. The Bertz CT molecular complexity index is 1100. The fourth-order valence-electron chi connectivity index (χ4n) is 4.89. The summed E-state index contributed by atoms with van der Waals surface area (Å²) in [5, 5.41) is 27.6. The van der Waals surface area contributed by atoms with Gasteiger partial charge in [-0.15, -0.1) is 35.0 Å². The number of halogens is 2. The highest BCUT2D eigenvalue weighted by Crippen LogP contribution is 2.36. The van der Waals surface area contributed by atoms with Crippen molar-refractivity contribution < 1.29 is 5.11 Å². The van der Waals surface area contributed by atoms with Crippen LogP contribution in [0, 0.1) is 5.92 Å². The van der Waals surface area contributed by atoms with E-state index in [4.69, 9.17) is 0 Å². The van der Waals surface area contributed by atoms with Crippen LogP contribution in [0.1, 0.15) is 31.4 Å². The zero-order valence-electron chi connectivity index (χ0n) is 18.4. The summed E-state index contributed by atoms with van der Waals surface area (Å²) in [6.45, 7) is 3.75. The quantitative estimate of drug-likeness (QED) is 0.579. The maximum atomic E-state index is 10.7. The monoisotopic (exact) mass is 489 g/mol. The van der Waals surface area contributed by atoms with E-state index in [9.17, 15) is 5.11 Å². The number of rotatable bonds is 4. The minimum atomic E-state index is 0. The van der Waals surface area contributed by atoms with E-state index in [1.54, 1.807) is 12.3 Å². The number of hydrogen-bond acceptors (Lipinski definition) is 7. The molecule has 176 valence electrons. The molecule has 0 bridgehead atoms. The highest BCUT2D eigenvalue weighted by molar-refractivity contribution is 5.85. The Balaban J connectivity index is 0.00000130. The smallest absolute Gasteiger partial charge is 0.245 e. The van der Waals surface area contributed by atoms with Gasteiger partial charge in [-0.05, 0) is 55.7 Å². The predicted molar refractivity (Wildman–Crippen MR) is 132 cm³/mol. The first-order valence-corrected chi connectivity index (χ1v) is 11.3. The average molecular weight is 490 g/mol. The van der Waals surface area contributed by atoms with Crippen molar-refractivity contribution in [3.63, 3.8) is 0 Å². The second kappa shape index (κ2) is 9.83. The number of hydrogen-bond donors (Lipinski definition) is 2. The van der Waals surface area contributed by atoms with Crippen molar-refractivity contribution in [1.29, 1.82) is 0 Å². The number of nitrogens with one attached hydrogen (secondary N) is 1. The van der Waals surface area contributed by atoms with Gasteiger partial charge in [-0.25, -0.2) is 4.98 Å². The predicted octanol–water partition coefficient (Wildman–Crippen LogP) is 3.48. The molecule has 1 saturated carbocycles. The molecule has 1 saturated heterocycles. The molecule has 1 aromatic carbocycles.